The Hall–Kier alpha value is -1.89. The molecule has 0 saturated heterocycles. The molecule has 0 unspecified atom stereocenters. The maximum Gasteiger partial charge on any atom is 0.243 e. The van der Waals surface area contributed by atoms with Gasteiger partial charge in [0.25, 0.3) is 0 Å². The Bertz CT molecular complexity index is 897. The van der Waals surface area contributed by atoms with Crippen molar-refractivity contribution in [2.75, 3.05) is 6.54 Å². The zero-order valence-electron chi connectivity index (χ0n) is 15.0. The predicted molar refractivity (Wildman–Crippen MR) is 105 cm³/mol. The van der Waals surface area contributed by atoms with Crippen LogP contribution in [0.15, 0.2) is 69.5 Å². The first-order valence-corrected chi connectivity index (χ1v) is 10.9. The molecule has 0 atom stereocenters. The molecule has 2 aromatic heterocycles. The summed E-state index contributed by atoms with van der Waals surface area (Å²) in [6.45, 7) is 4.82. The molecule has 0 bridgehead atoms. The predicted octanol–water partition coefficient (Wildman–Crippen LogP) is 4.90. The maximum atomic E-state index is 13.2. The van der Waals surface area contributed by atoms with E-state index in [0.717, 1.165) is 5.56 Å². The topological polar surface area (TPSA) is 50.5 Å². The summed E-state index contributed by atoms with van der Waals surface area (Å²) in [6.07, 6.45) is 2.25. The van der Waals surface area contributed by atoms with Crippen LogP contribution in [0.25, 0.3) is 0 Å². The molecule has 26 heavy (non-hydrogen) atoms. The highest BCUT2D eigenvalue weighted by atomic mass is 32.2. The van der Waals surface area contributed by atoms with Gasteiger partial charge in [-0.25, -0.2) is 8.42 Å². The molecule has 0 aliphatic heterocycles. The van der Waals surface area contributed by atoms with Gasteiger partial charge >= 0.3 is 0 Å². The summed E-state index contributed by atoms with van der Waals surface area (Å²) in [7, 11) is -3.59. The lowest BCUT2D eigenvalue weighted by Gasteiger charge is -2.21. The fourth-order valence-corrected chi connectivity index (χ4v) is 4.83. The van der Waals surface area contributed by atoms with Gasteiger partial charge in [0.1, 0.15) is 5.76 Å². The fourth-order valence-electron chi connectivity index (χ4n) is 2.72. The van der Waals surface area contributed by atoms with Gasteiger partial charge in [-0.05, 0) is 53.6 Å². The van der Waals surface area contributed by atoms with Crippen LogP contribution in [0.5, 0.6) is 0 Å². The molecule has 0 aliphatic carbocycles. The highest BCUT2D eigenvalue weighted by molar-refractivity contribution is 7.89. The van der Waals surface area contributed by atoms with E-state index in [1.54, 1.807) is 41.9 Å². The normalized spacial score (nSPS) is 12.2. The van der Waals surface area contributed by atoms with Crippen LogP contribution in [0, 0.1) is 0 Å². The highest BCUT2D eigenvalue weighted by Crippen LogP contribution is 2.23. The Morgan fingerprint density at radius 1 is 1.08 bits per heavy atom. The summed E-state index contributed by atoms with van der Waals surface area (Å²) in [5.41, 5.74) is 1.13. The van der Waals surface area contributed by atoms with Gasteiger partial charge < -0.3 is 4.42 Å². The standard InChI is InChI=1S/C20H23NO3S2/c1-16(2)17-7-9-20(10-8-17)26(22,23)21(15-18-5-3-13-24-18)12-11-19-6-4-14-25-19/h3-10,13-14,16H,11-12,15H2,1-2H3. The molecule has 0 N–H and O–H groups in total. The molecule has 0 radical (unpaired) electrons. The van der Waals surface area contributed by atoms with E-state index in [2.05, 4.69) is 13.8 Å². The van der Waals surface area contributed by atoms with Crippen LogP contribution >= 0.6 is 11.3 Å². The van der Waals surface area contributed by atoms with Crippen LogP contribution in [-0.2, 0) is 23.0 Å². The Morgan fingerprint density at radius 2 is 1.85 bits per heavy atom. The molecule has 6 heteroatoms. The lowest BCUT2D eigenvalue weighted by Crippen LogP contribution is -2.32. The van der Waals surface area contributed by atoms with Crippen LogP contribution in [0.1, 0.15) is 36.0 Å². The number of hydrogen-bond donors (Lipinski definition) is 0. The number of furan rings is 1. The molecule has 0 spiro atoms. The molecule has 4 nitrogen and oxygen atoms in total. The van der Waals surface area contributed by atoms with Crippen molar-refractivity contribution in [2.24, 2.45) is 0 Å². The molecule has 1 aromatic carbocycles. The minimum atomic E-state index is -3.59. The van der Waals surface area contributed by atoms with E-state index in [1.807, 2.05) is 29.6 Å². The molecular formula is C20H23NO3S2. The summed E-state index contributed by atoms with van der Waals surface area (Å²) in [6, 6.07) is 14.8. The van der Waals surface area contributed by atoms with E-state index in [4.69, 9.17) is 4.42 Å². The first kappa shape index (κ1) is 18.9. The van der Waals surface area contributed by atoms with Crippen LogP contribution < -0.4 is 0 Å². The van der Waals surface area contributed by atoms with Crippen molar-refractivity contribution in [3.8, 4) is 0 Å². The number of thiophene rings is 1. The molecular weight excluding hydrogens is 366 g/mol. The van der Waals surface area contributed by atoms with E-state index < -0.39 is 10.0 Å². The molecule has 3 aromatic rings. The van der Waals surface area contributed by atoms with Crippen molar-refractivity contribution in [3.63, 3.8) is 0 Å². The van der Waals surface area contributed by atoms with Gasteiger partial charge in [-0.3, -0.25) is 0 Å². The summed E-state index contributed by atoms with van der Waals surface area (Å²) in [5.74, 6) is 1.00. The van der Waals surface area contributed by atoms with E-state index in [9.17, 15) is 8.42 Å². The lowest BCUT2D eigenvalue weighted by molar-refractivity contribution is 0.366. The van der Waals surface area contributed by atoms with E-state index in [-0.39, 0.29) is 6.54 Å². The van der Waals surface area contributed by atoms with Crippen LogP contribution in [0.4, 0.5) is 0 Å². The second kappa shape index (κ2) is 8.20. The quantitative estimate of drug-likeness (QED) is 0.551. The minimum absolute atomic E-state index is 0.229. The molecule has 138 valence electrons. The molecule has 0 saturated carbocycles. The second-order valence-electron chi connectivity index (χ2n) is 6.47. The molecule has 0 amide bonds. The first-order chi connectivity index (χ1) is 12.5. The van der Waals surface area contributed by atoms with Crippen molar-refractivity contribution in [1.29, 1.82) is 0 Å². The summed E-state index contributed by atoms with van der Waals surface area (Å²) in [5, 5.41) is 2.01. The zero-order chi connectivity index (χ0) is 18.6. The number of hydrogen-bond acceptors (Lipinski definition) is 4. The zero-order valence-corrected chi connectivity index (χ0v) is 16.6. The molecule has 0 fully saturated rings. The Labute approximate surface area is 159 Å². The van der Waals surface area contributed by atoms with Gasteiger partial charge in [0, 0.05) is 11.4 Å². The summed E-state index contributed by atoms with van der Waals surface area (Å²) < 4.78 is 33.2. The molecule has 0 aliphatic rings. The average molecular weight is 390 g/mol. The smallest absolute Gasteiger partial charge is 0.243 e. The van der Waals surface area contributed by atoms with Gasteiger partial charge in [0.15, 0.2) is 0 Å². The van der Waals surface area contributed by atoms with Crippen LogP contribution in [0.2, 0.25) is 0 Å². The number of nitrogens with zero attached hydrogens (tertiary/aromatic N) is 1. The van der Waals surface area contributed by atoms with E-state index in [1.165, 1.54) is 9.18 Å². The maximum absolute atomic E-state index is 13.2. The SMILES string of the molecule is CC(C)c1ccc(S(=O)(=O)N(CCc2cccs2)Cc2ccco2)cc1. The van der Waals surface area contributed by atoms with Crippen LogP contribution in [-0.4, -0.2) is 19.3 Å². The lowest BCUT2D eigenvalue weighted by atomic mass is 10.0. The second-order valence-corrected chi connectivity index (χ2v) is 9.44. The Kier molecular flexibility index (Phi) is 5.96. The fraction of sp³-hybridized carbons (Fsp3) is 0.300. The number of benzene rings is 1. The van der Waals surface area contributed by atoms with Crippen molar-refractivity contribution in [3.05, 3.63) is 76.4 Å². The van der Waals surface area contributed by atoms with Gasteiger partial charge in [-0.2, -0.15) is 4.31 Å². The molecule has 2 heterocycles. The van der Waals surface area contributed by atoms with Gasteiger partial charge in [0.2, 0.25) is 10.0 Å². The highest BCUT2D eigenvalue weighted by Gasteiger charge is 2.25. The van der Waals surface area contributed by atoms with Crippen LogP contribution in [0.3, 0.4) is 0 Å². The summed E-state index contributed by atoms with van der Waals surface area (Å²) in [4.78, 5) is 1.49. The Balaban J connectivity index is 1.85. The van der Waals surface area contributed by atoms with Crippen molar-refractivity contribution >= 4 is 21.4 Å². The van der Waals surface area contributed by atoms with Crippen molar-refractivity contribution in [2.45, 2.75) is 37.6 Å². The monoisotopic (exact) mass is 389 g/mol. The third kappa shape index (κ3) is 4.44. The first-order valence-electron chi connectivity index (χ1n) is 8.61. The van der Waals surface area contributed by atoms with E-state index >= 15 is 0 Å². The average Bonchev–Trinajstić information content (AvgIpc) is 3.32. The van der Waals surface area contributed by atoms with E-state index in [0.29, 0.717) is 29.5 Å². The number of rotatable bonds is 8. The largest absolute Gasteiger partial charge is 0.468 e. The number of sulfonamides is 1. The minimum Gasteiger partial charge on any atom is -0.468 e. The third-order valence-corrected chi connectivity index (χ3v) is 7.08. The third-order valence-electron chi connectivity index (χ3n) is 4.28. The summed E-state index contributed by atoms with van der Waals surface area (Å²) >= 11 is 1.64. The van der Waals surface area contributed by atoms with Gasteiger partial charge in [0.05, 0.1) is 17.7 Å². The van der Waals surface area contributed by atoms with Gasteiger partial charge in [-0.1, -0.05) is 32.0 Å². The van der Waals surface area contributed by atoms with Gasteiger partial charge in [-0.15, -0.1) is 11.3 Å². The van der Waals surface area contributed by atoms with Crippen molar-refractivity contribution in [1.82, 2.24) is 4.31 Å². The van der Waals surface area contributed by atoms with Crippen molar-refractivity contribution < 1.29 is 12.8 Å². The Morgan fingerprint density at radius 3 is 2.42 bits per heavy atom. The molecule has 3 rings (SSSR count).